The van der Waals surface area contributed by atoms with Crippen molar-refractivity contribution in [3.05, 3.63) is 36.4 Å². The first-order valence-electron chi connectivity index (χ1n) is 8.51. The van der Waals surface area contributed by atoms with Gasteiger partial charge in [0, 0.05) is 37.1 Å². The minimum absolute atomic E-state index is 0.759. The Morgan fingerprint density at radius 1 is 1.43 bits per heavy atom. The summed E-state index contributed by atoms with van der Waals surface area (Å²) in [7, 11) is 2.16. The minimum Gasteiger partial charge on any atom is -0.359 e. The summed E-state index contributed by atoms with van der Waals surface area (Å²) in [5.74, 6) is 1.67. The number of nitrogens with zero attached hydrogens (tertiary/aromatic N) is 4. The van der Waals surface area contributed by atoms with Gasteiger partial charge in [0.15, 0.2) is 5.76 Å². The Kier molecular flexibility index (Phi) is 5.41. The summed E-state index contributed by atoms with van der Waals surface area (Å²) in [5.41, 5.74) is 1.85. The third kappa shape index (κ3) is 4.39. The topological polar surface area (TPSA) is 45.4 Å². The zero-order valence-corrected chi connectivity index (χ0v) is 14.1. The predicted octanol–water partition coefficient (Wildman–Crippen LogP) is 2.90. The highest BCUT2D eigenvalue weighted by Crippen LogP contribution is 2.20. The zero-order valence-electron chi connectivity index (χ0n) is 14.1. The van der Waals surface area contributed by atoms with E-state index in [-0.39, 0.29) is 0 Å². The van der Waals surface area contributed by atoms with Crippen LogP contribution in [0.5, 0.6) is 0 Å². The molecular weight excluding hydrogens is 288 g/mol. The number of pyridine rings is 1. The molecular formula is C18H26N4O. The molecule has 3 heterocycles. The lowest BCUT2D eigenvalue weighted by atomic mass is 9.97. The Labute approximate surface area is 138 Å². The molecule has 0 unspecified atom stereocenters. The average molecular weight is 314 g/mol. The Hall–Kier alpha value is -1.72. The lowest BCUT2D eigenvalue weighted by molar-refractivity contribution is 0.141. The fourth-order valence-electron chi connectivity index (χ4n) is 3.40. The maximum Gasteiger partial charge on any atom is 0.151 e. The molecule has 1 saturated heterocycles. The van der Waals surface area contributed by atoms with Crippen molar-refractivity contribution in [1.29, 1.82) is 0 Å². The van der Waals surface area contributed by atoms with Crippen LogP contribution in [-0.2, 0) is 6.54 Å². The molecule has 1 fully saturated rings. The molecule has 1 aliphatic rings. The second-order valence-electron chi connectivity index (χ2n) is 6.52. The lowest BCUT2D eigenvalue weighted by Gasteiger charge is -2.33. The molecule has 0 spiro atoms. The highest BCUT2D eigenvalue weighted by atomic mass is 16.5. The summed E-state index contributed by atoms with van der Waals surface area (Å²) in [6, 6.07) is 5.94. The van der Waals surface area contributed by atoms with Crippen molar-refractivity contribution in [2.24, 2.45) is 5.92 Å². The first-order valence-corrected chi connectivity index (χ1v) is 8.51. The standard InChI is InChI=1S/C18H26N4O/c1-3-22-9-5-6-15(13-22)12-21(2)14-17-10-18(20-23-17)16-7-4-8-19-11-16/h4,7-8,10-11,15H,3,5-6,9,12-14H2,1-2H3/t15-/m1/s1. The van der Waals surface area contributed by atoms with E-state index in [1.54, 1.807) is 6.20 Å². The quantitative estimate of drug-likeness (QED) is 0.820. The minimum atomic E-state index is 0.759. The molecule has 0 amide bonds. The van der Waals surface area contributed by atoms with Crippen molar-refractivity contribution >= 4 is 0 Å². The maximum absolute atomic E-state index is 5.49. The number of hydrogen-bond acceptors (Lipinski definition) is 5. The van der Waals surface area contributed by atoms with E-state index in [9.17, 15) is 0 Å². The van der Waals surface area contributed by atoms with Gasteiger partial charge in [0.2, 0.25) is 0 Å². The molecule has 5 nitrogen and oxygen atoms in total. The molecule has 5 heteroatoms. The fraction of sp³-hybridized carbons (Fsp3) is 0.556. The average Bonchev–Trinajstić information content (AvgIpc) is 3.04. The second-order valence-corrected chi connectivity index (χ2v) is 6.52. The summed E-state index contributed by atoms with van der Waals surface area (Å²) in [4.78, 5) is 9.02. The molecule has 23 heavy (non-hydrogen) atoms. The van der Waals surface area contributed by atoms with Crippen LogP contribution in [0, 0.1) is 5.92 Å². The predicted molar refractivity (Wildman–Crippen MR) is 90.9 cm³/mol. The Balaban J connectivity index is 1.54. The van der Waals surface area contributed by atoms with Crippen LogP contribution < -0.4 is 0 Å². The van der Waals surface area contributed by atoms with Crippen LogP contribution in [-0.4, -0.2) is 53.2 Å². The van der Waals surface area contributed by atoms with E-state index in [0.717, 1.165) is 42.6 Å². The van der Waals surface area contributed by atoms with Crippen LogP contribution in [0.1, 0.15) is 25.5 Å². The van der Waals surface area contributed by atoms with Crippen LogP contribution in [0.25, 0.3) is 11.3 Å². The largest absolute Gasteiger partial charge is 0.359 e. The van der Waals surface area contributed by atoms with Crippen LogP contribution in [0.4, 0.5) is 0 Å². The maximum atomic E-state index is 5.49. The third-order valence-corrected chi connectivity index (χ3v) is 4.56. The van der Waals surface area contributed by atoms with E-state index in [1.807, 2.05) is 24.4 Å². The van der Waals surface area contributed by atoms with Crippen LogP contribution in [0.3, 0.4) is 0 Å². The lowest BCUT2D eigenvalue weighted by Crippen LogP contribution is -2.39. The van der Waals surface area contributed by atoms with Gasteiger partial charge in [-0.25, -0.2) is 0 Å². The smallest absolute Gasteiger partial charge is 0.151 e. The van der Waals surface area contributed by atoms with Gasteiger partial charge in [0.25, 0.3) is 0 Å². The van der Waals surface area contributed by atoms with Gasteiger partial charge in [0.1, 0.15) is 5.69 Å². The van der Waals surface area contributed by atoms with E-state index < -0.39 is 0 Å². The molecule has 1 atom stereocenters. The number of hydrogen-bond donors (Lipinski definition) is 0. The highest BCUT2D eigenvalue weighted by Gasteiger charge is 2.20. The zero-order chi connectivity index (χ0) is 16.1. The summed E-state index contributed by atoms with van der Waals surface area (Å²) < 4.78 is 5.49. The Morgan fingerprint density at radius 2 is 2.35 bits per heavy atom. The molecule has 1 aliphatic heterocycles. The summed E-state index contributed by atoms with van der Waals surface area (Å²) in [5, 5.41) is 4.16. The fourth-order valence-corrected chi connectivity index (χ4v) is 3.40. The highest BCUT2D eigenvalue weighted by molar-refractivity contribution is 5.57. The molecule has 0 saturated carbocycles. The molecule has 0 aromatic carbocycles. The molecule has 2 aromatic heterocycles. The van der Waals surface area contributed by atoms with Crippen LogP contribution in [0.15, 0.2) is 35.1 Å². The van der Waals surface area contributed by atoms with E-state index in [4.69, 9.17) is 4.52 Å². The van der Waals surface area contributed by atoms with Crippen molar-refractivity contribution in [3.8, 4) is 11.3 Å². The van der Waals surface area contributed by atoms with Gasteiger partial charge in [-0.1, -0.05) is 12.1 Å². The van der Waals surface area contributed by atoms with Gasteiger partial charge in [-0.15, -0.1) is 0 Å². The van der Waals surface area contributed by atoms with Gasteiger partial charge >= 0.3 is 0 Å². The van der Waals surface area contributed by atoms with Crippen LogP contribution >= 0.6 is 0 Å². The van der Waals surface area contributed by atoms with Crippen molar-refractivity contribution < 1.29 is 4.52 Å². The van der Waals surface area contributed by atoms with Crippen molar-refractivity contribution in [2.75, 3.05) is 33.2 Å². The number of likely N-dealkylation sites (tertiary alicyclic amines) is 1. The molecule has 0 radical (unpaired) electrons. The molecule has 124 valence electrons. The van der Waals surface area contributed by atoms with Crippen LogP contribution in [0.2, 0.25) is 0 Å². The van der Waals surface area contributed by atoms with E-state index >= 15 is 0 Å². The van der Waals surface area contributed by atoms with E-state index in [0.29, 0.717) is 0 Å². The first-order chi connectivity index (χ1) is 11.2. The SMILES string of the molecule is CCN1CCC[C@H](CN(C)Cc2cc(-c3cccnc3)no2)C1. The number of aromatic nitrogens is 2. The molecule has 0 bridgehead atoms. The summed E-state index contributed by atoms with van der Waals surface area (Å²) in [6.45, 7) is 7.80. The molecule has 3 rings (SSSR count). The van der Waals surface area contributed by atoms with E-state index in [2.05, 4.69) is 33.9 Å². The van der Waals surface area contributed by atoms with Gasteiger partial charge in [-0.05, 0) is 51.0 Å². The Morgan fingerprint density at radius 3 is 3.13 bits per heavy atom. The summed E-state index contributed by atoms with van der Waals surface area (Å²) in [6.07, 6.45) is 6.23. The molecule has 0 N–H and O–H groups in total. The van der Waals surface area contributed by atoms with Crippen molar-refractivity contribution in [1.82, 2.24) is 19.9 Å². The third-order valence-electron chi connectivity index (χ3n) is 4.56. The monoisotopic (exact) mass is 314 g/mol. The molecule has 2 aromatic rings. The van der Waals surface area contributed by atoms with Gasteiger partial charge in [-0.2, -0.15) is 0 Å². The van der Waals surface area contributed by atoms with Crippen molar-refractivity contribution in [2.45, 2.75) is 26.3 Å². The molecule has 0 aliphatic carbocycles. The normalized spacial score (nSPS) is 19.3. The van der Waals surface area contributed by atoms with Crippen molar-refractivity contribution in [3.63, 3.8) is 0 Å². The van der Waals surface area contributed by atoms with E-state index in [1.165, 1.54) is 25.9 Å². The number of piperidine rings is 1. The van der Waals surface area contributed by atoms with Gasteiger partial charge in [-0.3, -0.25) is 9.88 Å². The summed E-state index contributed by atoms with van der Waals surface area (Å²) >= 11 is 0. The number of rotatable bonds is 6. The van der Waals surface area contributed by atoms with Gasteiger partial charge in [0.05, 0.1) is 6.54 Å². The Bertz CT molecular complexity index is 598. The van der Waals surface area contributed by atoms with Gasteiger partial charge < -0.3 is 9.42 Å². The first kappa shape index (κ1) is 16.1. The second kappa shape index (κ2) is 7.70.